The third kappa shape index (κ3) is 4.05. The third-order valence-electron chi connectivity index (χ3n) is 5.13. The lowest BCUT2D eigenvalue weighted by Gasteiger charge is -2.26. The lowest BCUT2D eigenvalue weighted by molar-refractivity contribution is -0.132. The van der Waals surface area contributed by atoms with Crippen LogP contribution in [-0.2, 0) is 11.3 Å². The number of aromatic nitrogens is 2. The second-order valence-corrected chi connectivity index (χ2v) is 8.14. The summed E-state index contributed by atoms with van der Waals surface area (Å²) in [7, 11) is 0. The molecule has 7 nitrogen and oxygen atoms in total. The Bertz CT molecular complexity index is 912. The molecule has 0 aromatic carbocycles. The topological polar surface area (TPSA) is 84.3 Å². The van der Waals surface area contributed by atoms with Crippen molar-refractivity contribution >= 4 is 33.4 Å². The summed E-state index contributed by atoms with van der Waals surface area (Å²) in [6, 6.07) is 0.0638. The highest BCUT2D eigenvalue weighted by atomic mass is 32.1. The monoisotopic (exact) mass is 390 g/mol. The van der Waals surface area contributed by atoms with Gasteiger partial charge in [0.1, 0.15) is 11.4 Å². The molecule has 146 valence electrons. The van der Waals surface area contributed by atoms with Crippen LogP contribution < -0.4 is 10.9 Å². The minimum absolute atomic E-state index is 0.00847. The van der Waals surface area contributed by atoms with Gasteiger partial charge in [-0.15, -0.1) is 11.3 Å². The normalized spacial score (nSPS) is 15.7. The molecule has 3 heterocycles. The number of carbonyl (C=O) groups excluding carboxylic acids is 2. The molecule has 0 spiro atoms. The van der Waals surface area contributed by atoms with Crippen molar-refractivity contribution in [1.82, 2.24) is 19.8 Å². The molecule has 0 saturated carbocycles. The minimum atomic E-state index is -0.262. The highest BCUT2D eigenvalue weighted by Gasteiger charge is 2.22. The lowest BCUT2D eigenvalue weighted by atomic mass is 10.1. The Hall–Kier alpha value is -2.22. The number of likely N-dealkylation sites (tertiary alicyclic amines) is 1. The van der Waals surface area contributed by atoms with Crippen LogP contribution in [0.5, 0.6) is 0 Å². The Kier molecular flexibility index (Phi) is 5.94. The molecule has 2 amide bonds. The van der Waals surface area contributed by atoms with E-state index in [0.717, 1.165) is 38.8 Å². The maximum Gasteiger partial charge on any atom is 0.262 e. The number of rotatable bonds is 5. The van der Waals surface area contributed by atoms with Crippen molar-refractivity contribution in [2.75, 3.05) is 13.1 Å². The van der Waals surface area contributed by atoms with Gasteiger partial charge in [-0.2, -0.15) is 0 Å². The standard InChI is InChI=1S/C19H26N4O3S/c1-4-12(2)21-17(25)16-13(3)15-18(27-16)20-11-23(19(15)26)10-14(24)22-8-6-5-7-9-22/h11-12H,4-10H2,1-3H3,(H,21,25). The SMILES string of the molecule is CCC(C)NC(=O)c1sc2ncn(CC(=O)N3CCCCC3)c(=O)c2c1C. The Morgan fingerprint density at radius 1 is 1.30 bits per heavy atom. The maximum absolute atomic E-state index is 12.9. The summed E-state index contributed by atoms with van der Waals surface area (Å²) >= 11 is 1.22. The predicted molar refractivity (Wildman–Crippen MR) is 106 cm³/mol. The summed E-state index contributed by atoms with van der Waals surface area (Å²) in [6.45, 7) is 7.21. The van der Waals surface area contributed by atoms with Gasteiger partial charge in [0.25, 0.3) is 11.5 Å². The molecular formula is C19H26N4O3S. The van der Waals surface area contributed by atoms with Gasteiger partial charge in [0.15, 0.2) is 0 Å². The predicted octanol–water partition coefficient (Wildman–Crippen LogP) is 2.31. The van der Waals surface area contributed by atoms with E-state index in [1.807, 2.05) is 18.7 Å². The molecule has 2 aromatic rings. The molecule has 1 unspecified atom stereocenters. The van der Waals surface area contributed by atoms with Crippen LogP contribution in [0.25, 0.3) is 10.2 Å². The average molecular weight is 391 g/mol. The molecule has 1 aliphatic heterocycles. The fourth-order valence-corrected chi connectivity index (χ4v) is 4.31. The summed E-state index contributed by atoms with van der Waals surface area (Å²) in [4.78, 5) is 45.1. The van der Waals surface area contributed by atoms with Crippen molar-refractivity contribution in [3.05, 3.63) is 27.1 Å². The molecule has 2 aromatic heterocycles. The number of hydrogen-bond acceptors (Lipinski definition) is 5. The van der Waals surface area contributed by atoms with Gasteiger partial charge in [-0.25, -0.2) is 4.98 Å². The molecule has 1 atom stereocenters. The number of nitrogens with zero attached hydrogens (tertiary/aromatic N) is 3. The van der Waals surface area contributed by atoms with Gasteiger partial charge < -0.3 is 10.2 Å². The van der Waals surface area contributed by atoms with E-state index >= 15 is 0 Å². The summed E-state index contributed by atoms with van der Waals surface area (Å²) in [5.41, 5.74) is 0.370. The number of carbonyl (C=O) groups is 2. The number of thiophene rings is 1. The van der Waals surface area contributed by atoms with Gasteiger partial charge in [-0.05, 0) is 45.1 Å². The van der Waals surface area contributed by atoms with Crippen LogP contribution >= 0.6 is 11.3 Å². The van der Waals surface area contributed by atoms with Crippen LogP contribution in [0.1, 0.15) is 54.8 Å². The molecule has 1 aliphatic rings. The van der Waals surface area contributed by atoms with Crippen LogP contribution in [0.15, 0.2) is 11.1 Å². The number of piperidine rings is 1. The average Bonchev–Trinajstić information content (AvgIpc) is 3.02. The van der Waals surface area contributed by atoms with Crippen molar-refractivity contribution in [3.8, 4) is 0 Å². The van der Waals surface area contributed by atoms with Crippen molar-refractivity contribution < 1.29 is 9.59 Å². The van der Waals surface area contributed by atoms with Gasteiger partial charge in [0, 0.05) is 19.1 Å². The van der Waals surface area contributed by atoms with E-state index in [1.165, 1.54) is 22.2 Å². The molecular weight excluding hydrogens is 364 g/mol. The van der Waals surface area contributed by atoms with Crippen LogP contribution in [0.2, 0.25) is 0 Å². The van der Waals surface area contributed by atoms with E-state index in [-0.39, 0.29) is 30.0 Å². The third-order valence-corrected chi connectivity index (χ3v) is 6.33. The maximum atomic E-state index is 12.9. The van der Waals surface area contributed by atoms with Crippen LogP contribution in [0.3, 0.4) is 0 Å². The molecule has 1 N–H and O–H groups in total. The van der Waals surface area contributed by atoms with Crippen molar-refractivity contribution in [1.29, 1.82) is 0 Å². The second kappa shape index (κ2) is 8.21. The van der Waals surface area contributed by atoms with E-state index in [0.29, 0.717) is 20.7 Å². The summed E-state index contributed by atoms with van der Waals surface area (Å²) in [5.74, 6) is -0.235. The van der Waals surface area contributed by atoms with Gasteiger partial charge >= 0.3 is 0 Å². The molecule has 27 heavy (non-hydrogen) atoms. The highest BCUT2D eigenvalue weighted by molar-refractivity contribution is 7.20. The first kappa shape index (κ1) is 19.5. The Balaban J connectivity index is 1.88. The van der Waals surface area contributed by atoms with Crippen LogP contribution in [-0.4, -0.2) is 45.4 Å². The Morgan fingerprint density at radius 2 is 2.00 bits per heavy atom. The minimum Gasteiger partial charge on any atom is -0.349 e. The molecule has 1 saturated heterocycles. The number of fused-ring (bicyclic) bond motifs is 1. The van der Waals surface area contributed by atoms with E-state index in [4.69, 9.17) is 0 Å². The van der Waals surface area contributed by atoms with Gasteiger partial charge in [0.05, 0.1) is 16.6 Å². The molecule has 0 radical (unpaired) electrons. The summed E-state index contributed by atoms with van der Waals surface area (Å²) in [6.07, 6.45) is 5.41. The number of amides is 2. The fraction of sp³-hybridized carbons (Fsp3) is 0.579. The summed E-state index contributed by atoms with van der Waals surface area (Å²) < 4.78 is 1.36. The molecule has 8 heteroatoms. The molecule has 3 rings (SSSR count). The largest absolute Gasteiger partial charge is 0.349 e. The van der Waals surface area contributed by atoms with E-state index in [9.17, 15) is 14.4 Å². The van der Waals surface area contributed by atoms with Gasteiger partial charge in [-0.3, -0.25) is 19.0 Å². The van der Waals surface area contributed by atoms with Crippen LogP contribution in [0.4, 0.5) is 0 Å². The first-order chi connectivity index (χ1) is 12.9. The molecule has 0 bridgehead atoms. The quantitative estimate of drug-likeness (QED) is 0.849. The van der Waals surface area contributed by atoms with Crippen LogP contribution in [0, 0.1) is 6.92 Å². The Labute approximate surface area is 162 Å². The lowest BCUT2D eigenvalue weighted by Crippen LogP contribution is -2.39. The second-order valence-electron chi connectivity index (χ2n) is 7.14. The highest BCUT2D eigenvalue weighted by Crippen LogP contribution is 2.26. The Morgan fingerprint density at radius 3 is 2.67 bits per heavy atom. The zero-order valence-corrected chi connectivity index (χ0v) is 16.9. The van der Waals surface area contributed by atoms with Crippen molar-refractivity contribution in [2.24, 2.45) is 0 Å². The summed E-state index contributed by atoms with van der Waals surface area (Å²) in [5, 5.41) is 3.36. The number of nitrogens with one attached hydrogen (secondary N) is 1. The van der Waals surface area contributed by atoms with E-state index in [1.54, 1.807) is 6.92 Å². The number of hydrogen-bond donors (Lipinski definition) is 1. The van der Waals surface area contributed by atoms with Gasteiger partial charge in [0.2, 0.25) is 5.91 Å². The zero-order valence-electron chi connectivity index (χ0n) is 16.1. The number of aryl methyl sites for hydroxylation is 1. The zero-order chi connectivity index (χ0) is 19.6. The van der Waals surface area contributed by atoms with Gasteiger partial charge in [-0.1, -0.05) is 6.92 Å². The smallest absolute Gasteiger partial charge is 0.262 e. The van der Waals surface area contributed by atoms with E-state index < -0.39 is 0 Å². The van der Waals surface area contributed by atoms with Crippen molar-refractivity contribution in [2.45, 2.75) is 59.0 Å². The molecule has 1 fully saturated rings. The fourth-order valence-electron chi connectivity index (χ4n) is 3.27. The van der Waals surface area contributed by atoms with E-state index in [2.05, 4.69) is 10.3 Å². The molecule has 0 aliphatic carbocycles. The first-order valence-electron chi connectivity index (χ1n) is 9.49. The first-order valence-corrected chi connectivity index (χ1v) is 10.3. The van der Waals surface area contributed by atoms with Crippen molar-refractivity contribution in [3.63, 3.8) is 0 Å².